The number of hydrogen-bond donors (Lipinski definition) is 2. The predicted octanol–water partition coefficient (Wildman–Crippen LogP) is 0.289. The normalized spacial score (nSPS) is 12.4. The topological polar surface area (TPSA) is 85.8 Å². The van der Waals surface area contributed by atoms with Gasteiger partial charge in [0.15, 0.2) is 5.82 Å². The van der Waals surface area contributed by atoms with Crippen LogP contribution in [-0.2, 0) is 17.9 Å². The van der Waals surface area contributed by atoms with Crippen LogP contribution in [0.1, 0.15) is 32.5 Å². The van der Waals surface area contributed by atoms with E-state index in [1.807, 2.05) is 18.4 Å². The molecule has 0 aromatic carbocycles. The monoisotopic (exact) mass is 239 g/mol. The Bertz CT molecular complexity index is 349. The Morgan fingerprint density at radius 1 is 1.65 bits per heavy atom. The Hall–Kier alpha value is -1.43. The maximum Gasteiger partial charge on any atom is 0.220 e. The van der Waals surface area contributed by atoms with Crippen molar-refractivity contribution in [1.82, 2.24) is 20.1 Å². The number of nitrogens with one attached hydrogen (secondary N) is 1. The highest BCUT2D eigenvalue weighted by Gasteiger charge is 2.07. The SMILES string of the molecule is CCn1cnnc1CNC(=O)CCC(C)CN. The molecule has 0 aliphatic carbocycles. The fraction of sp³-hybridized carbons (Fsp3) is 0.727. The lowest BCUT2D eigenvalue weighted by Gasteiger charge is -2.08. The lowest BCUT2D eigenvalue weighted by atomic mass is 10.1. The second-order valence-electron chi connectivity index (χ2n) is 4.19. The predicted molar refractivity (Wildman–Crippen MR) is 65.0 cm³/mol. The summed E-state index contributed by atoms with van der Waals surface area (Å²) in [7, 11) is 0. The molecule has 1 aromatic rings. The number of amides is 1. The van der Waals surface area contributed by atoms with Crippen LogP contribution in [0.4, 0.5) is 0 Å². The molecule has 0 aliphatic heterocycles. The molecule has 17 heavy (non-hydrogen) atoms. The van der Waals surface area contributed by atoms with E-state index in [0.29, 0.717) is 25.4 Å². The Kier molecular flexibility index (Phi) is 5.62. The summed E-state index contributed by atoms with van der Waals surface area (Å²) in [5.74, 6) is 1.21. The van der Waals surface area contributed by atoms with E-state index in [4.69, 9.17) is 5.73 Å². The fourth-order valence-corrected chi connectivity index (χ4v) is 1.44. The van der Waals surface area contributed by atoms with Gasteiger partial charge in [0.25, 0.3) is 0 Å². The van der Waals surface area contributed by atoms with Crippen molar-refractivity contribution in [3.63, 3.8) is 0 Å². The van der Waals surface area contributed by atoms with Gasteiger partial charge >= 0.3 is 0 Å². The molecule has 6 nitrogen and oxygen atoms in total. The molecule has 0 spiro atoms. The third kappa shape index (κ3) is 4.52. The van der Waals surface area contributed by atoms with Gasteiger partial charge < -0.3 is 15.6 Å². The Morgan fingerprint density at radius 2 is 2.41 bits per heavy atom. The molecule has 0 saturated carbocycles. The van der Waals surface area contributed by atoms with E-state index in [9.17, 15) is 4.79 Å². The molecule has 96 valence electrons. The van der Waals surface area contributed by atoms with Crippen LogP contribution >= 0.6 is 0 Å². The van der Waals surface area contributed by atoms with Gasteiger partial charge in [0, 0.05) is 13.0 Å². The zero-order valence-corrected chi connectivity index (χ0v) is 10.5. The summed E-state index contributed by atoms with van der Waals surface area (Å²) < 4.78 is 1.91. The average Bonchev–Trinajstić information content (AvgIpc) is 2.80. The maximum atomic E-state index is 11.5. The summed E-state index contributed by atoms with van der Waals surface area (Å²) in [6.07, 6.45) is 3.00. The summed E-state index contributed by atoms with van der Waals surface area (Å²) in [6, 6.07) is 0. The summed E-state index contributed by atoms with van der Waals surface area (Å²) >= 11 is 0. The molecule has 6 heteroatoms. The van der Waals surface area contributed by atoms with Crippen LogP contribution in [0, 0.1) is 5.92 Å². The van der Waals surface area contributed by atoms with Crippen molar-refractivity contribution in [3.05, 3.63) is 12.2 Å². The Morgan fingerprint density at radius 3 is 3.06 bits per heavy atom. The van der Waals surface area contributed by atoms with Gasteiger partial charge in [-0.2, -0.15) is 0 Å². The van der Waals surface area contributed by atoms with E-state index in [0.717, 1.165) is 18.8 Å². The Balaban J connectivity index is 2.28. The zero-order chi connectivity index (χ0) is 12.7. The number of aryl methyl sites for hydroxylation is 1. The minimum Gasteiger partial charge on any atom is -0.349 e. The average molecular weight is 239 g/mol. The molecule has 1 aromatic heterocycles. The summed E-state index contributed by atoms with van der Waals surface area (Å²) in [4.78, 5) is 11.5. The molecule has 3 N–H and O–H groups in total. The minimum absolute atomic E-state index is 0.0379. The molecular weight excluding hydrogens is 218 g/mol. The molecule has 1 unspecified atom stereocenters. The Labute approximate surface area is 102 Å². The van der Waals surface area contributed by atoms with Crippen LogP contribution in [0.3, 0.4) is 0 Å². The van der Waals surface area contributed by atoms with Crippen molar-refractivity contribution < 1.29 is 4.79 Å². The van der Waals surface area contributed by atoms with Crippen molar-refractivity contribution in [2.75, 3.05) is 6.54 Å². The lowest BCUT2D eigenvalue weighted by molar-refractivity contribution is -0.121. The van der Waals surface area contributed by atoms with Crippen LogP contribution in [0.2, 0.25) is 0 Å². The van der Waals surface area contributed by atoms with E-state index < -0.39 is 0 Å². The fourth-order valence-electron chi connectivity index (χ4n) is 1.44. The maximum absolute atomic E-state index is 11.5. The summed E-state index contributed by atoms with van der Waals surface area (Å²) in [5.41, 5.74) is 5.49. The van der Waals surface area contributed by atoms with Crippen LogP contribution in [0.15, 0.2) is 6.33 Å². The highest BCUT2D eigenvalue weighted by Crippen LogP contribution is 2.03. The number of carbonyl (C=O) groups excluding carboxylic acids is 1. The first-order valence-electron chi connectivity index (χ1n) is 6.00. The van der Waals surface area contributed by atoms with Gasteiger partial charge in [-0.15, -0.1) is 10.2 Å². The van der Waals surface area contributed by atoms with Gasteiger partial charge in [-0.25, -0.2) is 0 Å². The molecule has 1 heterocycles. The first-order valence-corrected chi connectivity index (χ1v) is 6.00. The molecular formula is C11H21N5O. The molecule has 0 bridgehead atoms. The van der Waals surface area contributed by atoms with E-state index in [2.05, 4.69) is 15.5 Å². The number of nitrogens with zero attached hydrogens (tertiary/aromatic N) is 3. The zero-order valence-electron chi connectivity index (χ0n) is 10.5. The van der Waals surface area contributed by atoms with Crippen molar-refractivity contribution in [2.24, 2.45) is 11.7 Å². The first-order chi connectivity index (χ1) is 8.17. The van der Waals surface area contributed by atoms with Crippen LogP contribution in [0.5, 0.6) is 0 Å². The van der Waals surface area contributed by atoms with Crippen molar-refractivity contribution in [1.29, 1.82) is 0 Å². The van der Waals surface area contributed by atoms with Gasteiger partial charge in [0.05, 0.1) is 6.54 Å². The van der Waals surface area contributed by atoms with E-state index in [-0.39, 0.29) is 5.91 Å². The number of aromatic nitrogens is 3. The van der Waals surface area contributed by atoms with Crippen LogP contribution in [0.25, 0.3) is 0 Å². The molecule has 1 amide bonds. The molecule has 1 rings (SSSR count). The van der Waals surface area contributed by atoms with E-state index >= 15 is 0 Å². The van der Waals surface area contributed by atoms with Crippen LogP contribution < -0.4 is 11.1 Å². The third-order valence-corrected chi connectivity index (χ3v) is 2.75. The van der Waals surface area contributed by atoms with Crippen molar-refractivity contribution in [2.45, 2.75) is 39.8 Å². The molecule has 1 atom stereocenters. The summed E-state index contributed by atoms with van der Waals surface area (Å²) in [6.45, 7) is 5.92. The van der Waals surface area contributed by atoms with E-state index in [1.54, 1.807) is 6.33 Å². The van der Waals surface area contributed by atoms with Crippen molar-refractivity contribution >= 4 is 5.91 Å². The lowest BCUT2D eigenvalue weighted by Crippen LogP contribution is -2.25. The molecule has 0 radical (unpaired) electrons. The standard InChI is InChI=1S/C11H21N5O/c1-3-16-8-14-15-10(16)7-13-11(17)5-4-9(2)6-12/h8-9H,3-7,12H2,1-2H3,(H,13,17). The smallest absolute Gasteiger partial charge is 0.220 e. The number of carbonyl (C=O) groups is 1. The van der Waals surface area contributed by atoms with Gasteiger partial charge in [0.2, 0.25) is 5.91 Å². The van der Waals surface area contributed by atoms with Crippen LogP contribution in [-0.4, -0.2) is 27.2 Å². The second-order valence-corrected chi connectivity index (χ2v) is 4.19. The van der Waals surface area contributed by atoms with Gasteiger partial charge in [0.1, 0.15) is 6.33 Å². The largest absolute Gasteiger partial charge is 0.349 e. The molecule has 0 saturated heterocycles. The number of rotatable bonds is 7. The second kappa shape index (κ2) is 7.01. The van der Waals surface area contributed by atoms with Gasteiger partial charge in [-0.3, -0.25) is 4.79 Å². The highest BCUT2D eigenvalue weighted by molar-refractivity contribution is 5.75. The number of hydrogen-bond acceptors (Lipinski definition) is 4. The first kappa shape index (κ1) is 13.6. The molecule has 0 fully saturated rings. The highest BCUT2D eigenvalue weighted by atomic mass is 16.1. The van der Waals surface area contributed by atoms with Gasteiger partial charge in [-0.05, 0) is 25.8 Å². The summed E-state index contributed by atoms with van der Waals surface area (Å²) in [5, 5.41) is 10.6. The van der Waals surface area contributed by atoms with E-state index in [1.165, 1.54) is 0 Å². The van der Waals surface area contributed by atoms with Crippen molar-refractivity contribution in [3.8, 4) is 0 Å². The van der Waals surface area contributed by atoms with Gasteiger partial charge in [-0.1, -0.05) is 6.92 Å². The third-order valence-electron chi connectivity index (χ3n) is 2.75. The number of nitrogens with two attached hydrogens (primary N) is 1. The molecule has 0 aliphatic rings. The quantitative estimate of drug-likeness (QED) is 0.716. The minimum atomic E-state index is 0.0379.